The minimum absolute atomic E-state index is 0.161. The van der Waals surface area contributed by atoms with Crippen LogP contribution < -0.4 is 4.74 Å². The molecule has 2 aromatic rings. The molecule has 0 aliphatic carbocycles. The highest BCUT2D eigenvalue weighted by molar-refractivity contribution is 6.30. The Labute approximate surface area is 234 Å². The first-order valence-electron chi connectivity index (χ1n) is 14.6. The number of benzene rings is 2. The van der Waals surface area contributed by atoms with Crippen LogP contribution in [0, 0.1) is 0 Å². The van der Waals surface area contributed by atoms with Gasteiger partial charge in [0.15, 0.2) is 5.76 Å². The summed E-state index contributed by atoms with van der Waals surface area (Å²) in [5, 5.41) is 0.606. The summed E-state index contributed by atoms with van der Waals surface area (Å²) in [5.74, 6) is 0.880. The van der Waals surface area contributed by atoms with Crippen LogP contribution in [0.5, 0.6) is 5.75 Å². The summed E-state index contributed by atoms with van der Waals surface area (Å²) in [6, 6.07) is 12.7. The Balaban J connectivity index is 1.28. The number of Topliss-reactive ketones (excluding diaryl/α,β-unsaturated/α-hetero) is 2. The fourth-order valence-corrected chi connectivity index (χ4v) is 5.00. The van der Waals surface area contributed by atoms with Gasteiger partial charge in [-0.05, 0) is 73.6 Å². The summed E-state index contributed by atoms with van der Waals surface area (Å²) in [6.45, 7) is 2.26. The van der Waals surface area contributed by atoms with E-state index in [-0.39, 0.29) is 17.3 Å². The van der Waals surface area contributed by atoms with E-state index in [1.54, 1.807) is 30.3 Å². The molecule has 0 fully saturated rings. The van der Waals surface area contributed by atoms with E-state index in [0.717, 1.165) is 24.0 Å². The number of carbonyl (C=O) groups excluding carboxylic acids is 2. The summed E-state index contributed by atoms with van der Waals surface area (Å²) in [7, 11) is 0. The molecule has 4 heteroatoms. The number of hydrogen-bond donors (Lipinski definition) is 0. The first-order chi connectivity index (χ1) is 18.6. The van der Waals surface area contributed by atoms with E-state index in [1.165, 1.54) is 70.6 Å². The fraction of sp³-hybridized carbons (Fsp3) is 0.471. The molecule has 0 N–H and O–H groups in total. The monoisotopic (exact) mass is 534 g/mol. The van der Waals surface area contributed by atoms with E-state index in [2.05, 4.69) is 19.1 Å². The molecule has 0 spiro atoms. The van der Waals surface area contributed by atoms with Crippen LogP contribution in [0.1, 0.15) is 118 Å². The molecule has 1 aliphatic heterocycles. The van der Waals surface area contributed by atoms with Crippen LogP contribution >= 0.6 is 11.6 Å². The van der Waals surface area contributed by atoms with Crippen molar-refractivity contribution in [2.75, 3.05) is 0 Å². The molecule has 3 nitrogen and oxygen atoms in total. The molecule has 38 heavy (non-hydrogen) atoms. The zero-order valence-corrected chi connectivity index (χ0v) is 23.7. The number of rotatable bonds is 18. The molecule has 0 radical (unpaired) electrons. The number of ether oxygens (including phenoxy) is 1. The van der Waals surface area contributed by atoms with E-state index >= 15 is 0 Å². The molecule has 1 heterocycles. The molecule has 0 amide bonds. The van der Waals surface area contributed by atoms with E-state index in [9.17, 15) is 9.59 Å². The average molecular weight is 535 g/mol. The van der Waals surface area contributed by atoms with Gasteiger partial charge >= 0.3 is 0 Å². The average Bonchev–Trinajstić information content (AvgIpc) is 3.20. The number of halogens is 1. The first-order valence-corrected chi connectivity index (χ1v) is 14.9. The quantitative estimate of drug-likeness (QED) is 0.108. The van der Waals surface area contributed by atoms with E-state index in [1.807, 2.05) is 18.2 Å². The van der Waals surface area contributed by atoms with E-state index < -0.39 is 0 Å². The molecule has 0 saturated carbocycles. The van der Waals surface area contributed by atoms with E-state index in [0.29, 0.717) is 29.2 Å². The highest BCUT2D eigenvalue weighted by atomic mass is 35.5. The third-order valence-corrected chi connectivity index (χ3v) is 7.23. The Hall–Kier alpha value is -2.65. The summed E-state index contributed by atoms with van der Waals surface area (Å²) < 4.78 is 5.76. The van der Waals surface area contributed by atoms with Gasteiger partial charge in [0.1, 0.15) is 11.5 Å². The molecule has 0 atom stereocenters. The van der Waals surface area contributed by atoms with Gasteiger partial charge in [0.25, 0.3) is 0 Å². The van der Waals surface area contributed by atoms with Crippen LogP contribution in [0.3, 0.4) is 0 Å². The lowest BCUT2D eigenvalue weighted by atomic mass is 10.00. The lowest BCUT2D eigenvalue weighted by Crippen LogP contribution is -2.03. The summed E-state index contributed by atoms with van der Waals surface area (Å²) in [6.07, 6.45) is 23.6. The second-order valence-electron chi connectivity index (χ2n) is 10.4. The van der Waals surface area contributed by atoms with Gasteiger partial charge in [0, 0.05) is 17.9 Å². The van der Waals surface area contributed by atoms with Crippen molar-refractivity contribution in [3.63, 3.8) is 0 Å². The highest BCUT2D eigenvalue weighted by Crippen LogP contribution is 2.33. The summed E-state index contributed by atoms with van der Waals surface area (Å²) >= 11 is 6.04. The second kappa shape index (κ2) is 17.0. The standard InChI is InChI=1S/C34H43ClO3/c1-2-3-4-5-6-7-8-9-10-11-12-13-14-15-16-20-30(36)24-28-21-22-32-31(25-28)34(37)33(38-32)26-27-18-17-19-29(35)23-27/h9-10,17-19,21-23,25-26H,2-8,11-16,20,24H2,1H3/b10-9+,33-26-. The zero-order valence-electron chi connectivity index (χ0n) is 23.0. The fourth-order valence-electron chi connectivity index (χ4n) is 4.80. The Kier molecular flexibility index (Phi) is 13.4. The first kappa shape index (κ1) is 29.9. The minimum atomic E-state index is -0.161. The van der Waals surface area contributed by atoms with Gasteiger partial charge in [-0.15, -0.1) is 0 Å². The van der Waals surface area contributed by atoms with Gasteiger partial charge in [-0.1, -0.05) is 100 Å². The molecule has 3 rings (SSSR count). The molecule has 204 valence electrons. The smallest absolute Gasteiger partial charge is 0.231 e. The predicted molar refractivity (Wildman–Crippen MR) is 159 cm³/mol. The van der Waals surface area contributed by atoms with Crippen LogP contribution in [-0.4, -0.2) is 11.6 Å². The number of fused-ring (bicyclic) bond motifs is 1. The van der Waals surface area contributed by atoms with Gasteiger partial charge in [-0.2, -0.15) is 0 Å². The number of ketones is 2. The van der Waals surface area contributed by atoms with Crippen molar-refractivity contribution in [3.05, 3.63) is 82.1 Å². The molecule has 1 aliphatic rings. The predicted octanol–water partition coefficient (Wildman–Crippen LogP) is 10.1. The summed E-state index contributed by atoms with van der Waals surface area (Å²) in [4.78, 5) is 25.4. The number of allylic oxidation sites excluding steroid dienone is 3. The number of carbonyl (C=O) groups is 2. The van der Waals surface area contributed by atoms with Crippen molar-refractivity contribution in [2.24, 2.45) is 0 Å². The van der Waals surface area contributed by atoms with Crippen LogP contribution in [0.25, 0.3) is 6.08 Å². The summed E-state index contributed by atoms with van der Waals surface area (Å²) in [5.41, 5.74) is 2.19. The topological polar surface area (TPSA) is 43.4 Å². The minimum Gasteiger partial charge on any atom is -0.452 e. The van der Waals surface area contributed by atoms with Gasteiger partial charge in [0.2, 0.25) is 5.78 Å². The lowest BCUT2D eigenvalue weighted by molar-refractivity contribution is -0.118. The van der Waals surface area contributed by atoms with Crippen LogP contribution in [0.15, 0.2) is 60.4 Å². The van der Waals surface area contributed by atoms with Crippen LogP contribution in [-0.2, 0) is 11.2 Å². The largest absolute Gasteiger partial charge is 0.452 e. The van der Waals surface area contributed by atoms with E-state index in [4.69, 9.17) is 16.3 Å². The number of unbranched alkanes of at least 4 members (excludes halogenated alkanes) is 11. The maximum Gasteiger partial charge on any atom is 0.231 e. The molecule has 2 aromatic carbocycles. The zero-order chi connectivity index (χ0) is 27.0. The van der Waals surface area contributed by atoms with Crippen molar-refractivity contribution >= 4 is 29.2 Å². The Morgan fingerprint density at radius 3 is 2.24 bits per heavy atom. The Morgan fingerprint density at radius 2 is 1.53 bits per heavy atom. The van der Waals surface area contributed by atoms with Crippen molar-refractivity contribution in [2.45, 2.75) is 103 Å². The number of hydrogen-bond acceptors (Lipinski definition) is 3. The molecular formula is C34H43ClO3. The van der Waals surface area contributed by atoms with Gasteiger partial charge in [-0.25, -0.2) is 0 Å². The third-order valence-electron chi connectivity index (χ3n) is 7.00. The lowest BCUT2D eigenvalue weighted by Gasteiger charge is -2.04. The molecule has 0 saturated heterocycles. The molecule has 0 bridgehead atoms. The van der Waals surface area contributed by atoms with Gasteiger partial charge < -0.3 is 4.74 Å². The maximum absolute atomic E-state index is 12.8. The molecular weight excluding hydrogens is 492 g/mol. The van der Waals surface area contributed by atoms with Crippen molar-refractivity contribution in [1.29, 1.82) is 0 Å². The molecule has 0 unspecified atom stereocenters. The highest BCUT2D eigenvalue weighted by Gasteiger charge is 2.27. The van der Waals surface area contributed by atoms with Crippen molar-refractivity contribution in [1.82, 2.24) is 0 Å². The van der Waals surface area contributed by atoms with Crippen molar-refractivity contribution < 1.29 is 14.3 Å². The Morgan fingerprint density at radius 1 is 0.842 bits per heavy atom. The SMILES string of the molecule is CCCCCCCC/C=C/CCCCCCCC(=O)Cc1ccc2c(c1)C(=O)/C(=C/c1cccc(Cl)c1)O2. The normalized spacial score (nSPS) is 13.8. The second-order valence-corrected chi connectivity index (χ2v) is 10.8. The van der Waals surface area contributed by atoms with Gasteiger partial charge in [0.05, 0.1) is 5.56 Å². The molecule has 0 aromatic heterocycles. The van der Waals surface area contributed by atoms with Crippen molar-refractivity contribution in [3.8, 4) is 5.75 Å². The maximum atomic E-state index is 12.8. The Bertz CT molecular complexity index is 1100. The third kappa shape index (κ3) is 10.6. The van der Waals surface area contributed by atoms with Gasteiger partial charge in [-0.3, -0.25) is 9.59 Å². The van der Waals surface area contributed by atoms with Crippen LogP contribution in [0.4, 0.5) is 0 Å². The van der Waals surface area contributed by atoms with Crippen LogP contribution in [0.2, 0.25) is 5.02 Å².